The van der Waals surface area contributed by atoms with E-state index >= 15 is 0 Å². The van der Waals surface area contributed by atoms with Crippen molar-refractivity contribution in [2.45, 2.75) is 19.8 Å². The molecule has 2 atom stereocenters. The number of carboxylic acid groups (broad SMARTS) is 1. The average molecular weight is 293 g/mol. The lowest BCUT2D eigenvalue weighted by atomic mass is 9.82. The molecule has 0 spiro atoms. The fourth-order valence-electron chi connectivity index (χ4n) is 2.27. The summed E-state index contributed by atoms with van der Waals surface area (Å²) < 4.78 is 0. The SMILES string of the molecule is Cc1ccc(NC(=O)[C@H]2CC=CC[C@@H]2C(=O)[O-])cc1Cl. The molecule has 1 aromatic carbocycles. The molecule has 0 heterocycles. The maximum absolute atomic E-state index is 12.2. The second-order valence-corrected chi connectivity index (χ2v) is 5.34. The van der Waals surface area contributed by atoms with Gasteiger partial charge in [0, 0.05) is 22.6 Å². The van der Waals surface area contributed by atoms with Crippen LogP contribution in [0.25, 0.3) is 0 Å². The molecule has 20 heavy (non-hydrogen) atoms. The van der Waals surface area contributed by atoms with Crippen LogP contribution in [-0.2, 0) is 9.59 Å². The molecule has 2 rings (SSSR count). The van der Waals surface area contributed by atoms with Gasteiger partial charge in [-0.3, -0.25) is 4.79 Å². The van der Waals surface area contributed by atoms with Gasteiger partial charge in [0.25, 0.3) is 0 Å². The summed E-state index contributed by atoms with van der Waals surface area (Å²) in [6, 6.07) is 5.20. The Morgan fingerprint density at radius 1 is 1.25 bits per heavy atom. The Morgan fingerprint density at radius 2 is 1.90 bits per heavy atom. The monoisotopic (exact) mass is 292 g/mol. The van der Waals surface area contributed by atoms with Gasteiger partial charge in [0.2, 0.25) is 5.91 Å². The van der Waals surface area contributed by atoms with Crippen LogP contribution in [0.5, 0.6) is 0 Å². The van der Waals surface area contributed by atoms with Gasteiger partial charge < -0.3 is 15.2 Å². The van der Waals surface area contributed by atoms with Gasteiger partial charge in [-0.25, -0.2) is 0 Å². The summed E-state index contributed by atoms with van der Waals surface area (Å²) in [5.74, 6) is -2.88. The van der Waals surface area contributed by atoms with E-state index < -0.39 is 17.8 Å². The first-order valence-electron chi connectivity index (χ1n) is 6.42. The van der Waals surface area contributed by atoms with E-state index in [-0.39, 0.29) is 5.91 Å². The molecule has 0 aromatic heterocycles. The number of carbonyl (C=O) groups is 2. The number of carboxylic acids is 1. The van der Waals surface area contributed by atoms with Crippen LogP contribution in [-0.4, -0.2) is 11.9 Å². The van der Waals surface area contributed by atoms with E-state index in [1.807, 2.05) is 13.0 Å². The molecular formula is C15H15ClNO3-. The van der Waals surface area contributed by atoms with Gasteiger partial charge in [0.15, 0.2) is 0 Å². The molecule has 0 aliphatic heterocycles. The highest BCUT2D eigenvalue weighted by Gasteiger charge is 2.29. The molecule has 4 nitrogen and oxygen atoms in total. The zero-order chi connectivity index (χ0) is 14.7. The number of aryl methyl sites for hydroxylation is 1. The largest absolute Gasteiger partial charge is 0.550 e. The first-order valence-corrected chi connectivity index (χ1v) is 6.79. The van der Waals surface area contributed by atoms with Crippen molar-refractivity contribution in [2.24, 2.45) is 11.8 Å². The third-order valence-corrected chi connectivity index (χ3v) is 3.92. The van der Waals surface area contributed by atoms with Crippen molar-refractivity contribution in [3.05, 3.63) is 40.9 Å². The molecule has 1 amide bonds. The van der Waals surface area contributed by atoms with Crippen molar-refractivity contribution in [2.75, 3.05) is 5.32 Å². The van der Waals surface area contributed by atoms with Crippen LogP contribution >= 0.6 is 11.6 Å². The summed E-state index contributed by atoms with van der Waals surface area (Å²) in [5, 5.41) is 14.3. The topological polar surface area (TPSA) is 69.2 Å². The Morgan fingerprint density at radius 3 is 2.50 bits per heavy atom. The first kappa shape index (κ1) is 14.6. The summed E-state index contributed by atoms with van der Waals surface area (Å²) in [7, 11) is 0. The Hall–Kier alpha value is -1.81. The number of rotatable bonds is 3. The summed E-state index contributed by atoms with van der Waals surface area (Å²) >= 11 is 6.00. The normalized spacial score (nSPS) is 21.5. The van der Waals surface area contributed by atoms with E-state index in [1.165, 1.54) is 0 Å². The predicted octanol–water partition coefficient (Wildman–Crippen LogP) is 1.92. The second kappa shape index (κ2) is 6.09. The number of halogens is 1. The molecule has 1 aliphatic rings. The van der Waals surface area contributed by atoms with E-state index in [0.29, 0.717) is 23.6 Å². The summed E-state index contributed by atoms with van der Waals surface area (Å²) in [4.78, 5) is 23.3. The van der Waals surface area contributed by atoms with Crippen molar-refractivity contribution in [1.82, 2.24) is 0 Å². The van der Waals surface area contributed by atoms with Gasteiger partial charge in [-0.15, -0.1) is 0 Å². The Kier molecular flexibility index (Phi) is 4.45. The van der Waals surface area contributed by atoms with Crippen LogP contribution in [0.15, 0.2) is 30.4 Å². The van der Waals surface area contributed by atoms with E-state index in [2.05, 4.69) is 5.32 Å². The number of nitrogens with one attached hydrogen (secondary N) is 1. The average Bonchev–Trinajstić information content (AvgIpc) is 2.43. The standard InChI is InChI=1S/C15H16ClNO3/c1-9-6-7-10(8-13(9)16)17-14(18)11-4-2-3-5-12(11)15(19)20/h2-3,6-8,11-12H,4-5H2,1H3,(H,17,18)(H,19,20)/p-1/t11-,12-/m0/s1. The van der Waals surface area contributed by atoms with Crippen LogP contribution < -0.4 is 10.4 Å². The van der Waals surface area contributed by atoms with Crippen molar-refractivity contribution < 1.29 is 14.7 Å². The number of aliphatic carboxylic acids is 1. The van der Waals surface area contributed by atoms with Crippen LogP contribution in [0.3, 0.4) is 0 Å². The minimum absolute atomic E-state index is 0.316. The van der Waals surface area contributed by atoms with Crippen LogP contribution in [0.1, 0.15) is 18.4 Å². The molecule has 0 saturated heterocycles. The molecule has 0 radical (unpaired) electrons. The highest BCUT2D eigenvalue weighted by Crippen LogP contribution is 2.27. The highest BCUT2D eigenvalue weighted by atomic mass is 35.5. The molecule has 0 unspecified atom stereocenters. The smallest absolute Gasteiger partial charge is 0.228 e. The molecule has 5 heteroatoms. The van der Waals surface area contributed by atoms with E-state index in [0.717, 1.165) is 5.56 Å². The zero-order valence-corrected chi connectivity index (χ0v) is 11.8. The third kappa shape index (κ3) is 3.20. The molecule has 1 N–H and O–H groups in total. The van der Waals surface area contributed by atoms with Crippen LogP contribution in [0, 0.1) is 18.8 Å². The van der Waals surface area contributed by atoms with Gasteiger partial charge in [-0.2, -0.15) is 0 Å². The molecule has 1 aromatic rings. The molecule has 0 fully saturated rings. The number of allylic oxidation sites excluding steroid dienone is 2. The summed E-state index contributed by atoms with van der Waals surface area (Å²) in [5.41, 5.74) is 1.48. The minimum atomic E-state index is -1.18. The Bertz CT molecular complexity index is 568. The molecular weight excluding hydrogens is 278 g/mol. The third-order valence-electron chi connectivity index (χ3n) is 3.51. The van der Waals surface area contributed by atoms with E-state index in [4.69, 9.17) is 11.6 Å². The molecule has 106 valence electrons. The number of hydrogen-bond acceptors (Lipinski definition) is 3. The van der Waals surface area contributed by atoms with Crippen LogP contribution in [0.2, 0.25) is 5.02 Å². The maximum atomic E-state index is 12.2. The maximum Gasteiger partial charge on any atom is 0.228 e. The zero-order valence-electron chi connectivity index (χ0n) is 11.1. The molecule has 1 aliphatic carbocycles. The van der Waals surface area contributed by atoms with E-state index in [1.54, 1.807) is 24.3 Å². The van der Waals surface area contributed by atoms with Gasteiger partial charge in [-0.05, 0) is 37.5 Å². The lowest BCUT2D eigenvalue weighted by Crippen LogP contribution is -2.41. The Balaban J connectivity index is 2.12. The number of anilines is 1. The van der Waals surface area contributed by atoms with Gasteiger partial charge in [0.1, 0.15) is 0 Å². The fraction of sp³-hybridized carbons (Fsp3) is 0.333. The predicted molar refractivity (Wildman–Crippen MR) is 75.2 cm³/mol. The van der Waals surface area contributed by atoms with Crippen molar-refractivity contribution in [1.29, 1.82) is 0 Å². The molecule has 0 saturated carbocycles. The first-order chi connectivity index (χ1) is 9.49. The quantitative estimate of drug-likeness (QED) is 0.865. The molecule has 0 bridgehead atoms. The highest BCUT2D eigenvalue weighted by molar-refractivity contribution is 6.31. The number of hydrogen-bond donors (Lipinski definition) is 1. The van der Waals surface area contributed by atoms with Crippen LogP contribution in [0.4, 0.5) is 5.69 Å². The minimum Gasteiger partial charge on any atom is -0.550 e. The number of benzene rings is 1. The van der Waals surface area contributed by atoms with Gasteiger partial charge in [-0.1, -0.05) is 29.8 Å². The van der Waals surface area contributed by atoms with E-state index in [9.17, 15) is 14.7 Å². The van der Waals surface area contributed by atoms with Crippen molar-refractivity contribution in [3.63, 3.8) is 0 Å². The Labute approximate surface area is 122 Å². The lowest BCUT2D eigenvalue weighted by Gasteiger charge is -2.28. The van der Waals surface area contributed by atoms with Crippen molar-refractivity contribution >= 4 is 29.2 Å². The second-order valence-electron chi connectivity index (χ2n) is 4.93. The van der Waals surface area contributed by atoms with Gasteiger partial charge >= 0.3 is 0 Å². The fourth-order valence-corrected chi connectivity index (χ4v) is 2.45. The summed E-state index contributed by atoms with van der Waals surface area (Å²) in [6.45, 7) is 1.87. The number of amides is 1. The summed E-state index contributed by atoms with van der Waals surface area (Å²) in [6.07, 6.45) is 4.33. The van der Waals surface area contributed by atoms with Crippen molar-refractivity contribution in [3.8, 4) is 0 Å². The lowest BCUT2D eigenvalue weighted by molar-refractivity contribution is -0.313. The number of carbonyl (C=O) groups excluding carboxylic acids is 2. The van der Waals surface area contributed by atoms with Gasteiger partial charge in [0.05, 0.1) is 5.92 Å².